The van der Waals surface area contributed by atoms with Crippen LogP contribution in [-0.2, 0) is 14.3 Å². The van der Waals surface area contributed by atoms with Crippen LogP contribution in [0.2, 0.25) is 0 Å². The molecule has 0 fully saturated rings. The number of fused-ring (bicyclic) bond motifs is 3. The van der Waals surface area contributed by atoms with Crippen molar-refractivity contribution in [2.75, 3.05) is 26.9 Å². The summed E-state index contributed by atoms with van der Waals surface area (Å²) in [4.78, 5) is 23.6. The van der Waals surface area contributed by atoms with Crippen LogP contribution in [0.4, 0.5) is 4.79 Å². The standard InChI is InChI=1S/C21H24N2O5/c1-27-13-21(12-22,10-19(24)25)23-20(26)28-11-18-16-8-4-2-6-14(16)15-7-3-5-9-17(15)18/h2-9,18H,10-13,22H2,1H3,(H,23,26)(H,24,25). The number of hydrogen-bond acceptors (Lipinski definition) is 5. The van der Waals surface area contributed by atoms with Crippen LogP contribution in [0, 0.1) is 0 Å². The molecule has 4 N–H and O–H groups in total. The molecule has 1 aliphatic rings. The van der Waals surface area contributed by atoms with Crippen LogP contribution >= 0.6 is 0 Å². The Bertz CT molecular complexity index is 824. The number of alkyl carbamates (subject to hydrolysis) is 1. The number of ether oxygens (including phenoxy) is 2. The van der Waals surface area contributed by atoms with Gasteiger partial charge in [0.05, 0.1) is 18.6 Å². The van der Waals surface area contributed by atoms with Crippen molar-refractivity contribution in [3.05, 3.63) is 59.7 Å². The lowest BCUT2D eigenvalue weighted by molar-refractivity contribution is -0.139. The molecule has 1 atom stereocenters. The van der Waals surface area contributed by atoms with E-state index in [2.05, 4.69) is 17.4 Å². The Kier molecular flexibility index (Phi) is 5.96. The molecular weight excluding hydrogens is 360 g/mol. The number of carbonyl (C=O) groups is 2. The van der Waals surface area contributed by atoms with Gasteiger partial charge < -0.3 is 25.6 Å². The second-order valence-corrected chi connectivity index (χ2v) is 6.94. The van der Waals surface area contributed by atoms with E-state index in [4.69, 9.17) is 20.3 Å². The molecule has 7 heteroatoms. The molecule has 28 heavy (non-hydrogen) atoms. The third-order valence-electron chi connectivity index (χ3n) is 5.01. The van der Waals surface area contributed by atoms with Gasteiger partial charge in [-0.3, -0.25) is 4.79 Å². The number of rotatable bonds is 8. The van der Waals surface area contributed by atoms with E-state index in [1.165, 1.54) is 7.11 Å². The van der Waals surface area contributed by atoms with Crippen LogP contribution in [0.15, 0.2) is 48.5 Å². The normalized spacial score (nSPS) is 14.6. The highest BCUT2D eigenvalue weighted by molar-refractivity contribution is 5.79. The van der Waals surface area contributed by atoms with Gasteiger partial charge in [0.15, 0.2) is 0 Å². The maximum atomic E-state index is 12.4. The Morgan fingerprint density at radius 2 is 1.68 bits per heavy atom. The average molecular weight is 384 g/mol. The molecule has 0 saturated heterocycles. The summed E-state index contributed by atoms with van der Waals surface area (Å²) in [5, 5.41) is 11.7. The zero-order valence-electron chi connectivity index (χ0n) is 15.7. The Balaban J connectivity index is 1.73. The summed E-state index contributed by atoms with van der Waals surface area (Å²) in [6.45, 7) is 0.0257. The minimum absolute atomic E-state index is 0.0278. The maximum Gasteiger partial charge on any atom is 0.407 e. The van der Waals surface area contributed by atoms with Gasteiger partial charge in [0.2, 0.25) is 0 Å². The van der Waals surface area contributed by atoms with Crippen LogP contribution in [0.25, 0.3) is 11.1 Å². The molecule has 148 valence electrons. The summed E-state index contributed by atoms with van der Waals surface area (Å²) >= 11 is 0. The largest absolute Gasteiger partial charge is 0.481 e. The van der Waals surface area contributed by atoms with E-state index in [-0.39, 0.29) is 32.1 Å². The molecule has 0 heterocycles. The zero-order chi connectivity index (χ0) is 20.1. The van der Waals surface area contributed by atoms with Crippen LogP contribution in [0.3, 0.4) is 0 Å². The Hall–Kier alpha value is -2.90. The summed E-state index contributed by atoms with van der Waals surface area (Å²) in [6, 6.07) is 16.1. The van der Waals surface area contributed by atoms with Crippen molar-refractivity contribution < 1.29 is 24.2 Å². The minimum Gasteiger partial charge on any atom is -0.481 e. The van der Waals surface area contributed by atoms with Crippen molar-refractivity contribution in [1.29, 1.82) is 0 Å². The number of methoxy groups -OCH3 is 1. The highest BCUT2D eigenvalue weighted by Gasteiger charge is 2.35. The number of carboxylic acids is 1. The molecule has 0 saturated carbocycles. The van der Waals surface area contributed by atoms with Crippen LogP contribution in [0.1, 0.15) is 23.5 Å². The van der Waals surface area contributed by atoms with Crippen molar-refractivity contribution in [3.8, 4) is 11.1 Å². The lowest BCUT2D eigenvalue weighted by atomic mass is 9.96. The van der Waals surface area contributed by atoms with Gasteiger partial charge in [0, 0.05) is 19.6 Å². The first-order chi connectivity index (χ1) is 13.5. The first-order valence-corrected chi connectivity index (χ1v) is 9.03. The third kappa shape index (κ3) is 4.00. The second-order valence-electron chi connectivity index (χ2n) is 6.94. The Morgan fingerprint density at radius 3 is 2.18 bits per heavy atom. The smallest absolute Gasteiger partial charge is 0.407 e. The molecule has 1 aliphatic carbocycles. The van der Waals surface area contributed by atoms with Crippen molar-refractivity contribution in [3.63, 3.8) is 0 Å². The van der Waals surface area contributed by atoms with Gasteiger partial charge in [-0.2, -0.15) is 0 Å². The summed E-state index contributed by atoms with van der Waals surface area (Å²) < 4.78 is 10.5. The van der Waals surface area contributed by atoms with Gasteiger partial charge in [0.25, 0.3) is 0 Å². The fourth-order valence-corrected chi connectivity index (χ4v) is 3.73. The predicted molar refractivity (Wildman–Crippen MR) is 104 cm³/mol. The van der Waals surface area contributed by atoms with Gasteiger partial charge in [-0.05, 0) is 22.3 Å². The fraction of sp³-hybridized carbons (Fsp3) is 0.333. The third-order valence-corrected chi connectivity index (χ3v) is 5.01. The lowest BCUT2D eigenvalue weighted by Crippen LogP contribution is -2.58. The summed E-state index contributed by atoms with van der Waals surface area (Å²) in [6.07, 6.45) is -1.08. The Labute approximate surface area is 163 Å². The molecular formula is C21H24N2O5. The number of amides is 1. The van der Waals surface area contributed by atoms with Crippen molar-refractivity contribution in [1.82, 2.24) is 5.32 Å². The molecule has 0 radical (unpaired) electrons. The van der Waals surface area contributed by atoms with E-state index in [1.54, 1.807) is 0 Å². The quantitative estimate of drug-likeness (QED) is 0.644. The van der Waals surface area contributed by atoms with E-state index in [1.807, 2.05) is 36.4 Å². The summed E-state index contributed by atoms with van der Waals surface area (Å²) in [5.74, 6) is -1.16. The number of benzene rings is 2. The summed E-state index contributed by atoms with van der Waals surface area (Å²) in [7, 11) is 1.42. The molecule has 1 unspecified atom stereocenters. The van der Waals surface area contributed by atoms with Gasteiger partial charge in [-0.25, -0.2) is 4.79 Å². The first kappa shape index (κ1) is 19.9. The van der Waals surface area contributed by atoms with E-state index < -0.39 is 17.6 Å². The van der Waals surface area contributed by atoms with Crippen molar-refractivity contribution in [2.24, 2.45) is 5.73 Å². The highest BCUT2D eigenvalue weighted by atomic mass is 16.5. The van der Waals surface area contributed by atoms with Gasteiger partial charge in [-0.1, -0.05) is 48.5 Å². The van der Waals surface area contributed by atoms with Gasteiger partial charge in [0.1, 0.15) is 6.61 Å². The molecule has 7 nitrogen and oxygen atoms in total. The zero-order valence-corrected chi connectivity index (χ0v) is 15.7. The SMILES string of the molecule is COCC(CN)(CC(=O)O)NC(=O)OCC1c2ccccc2-c2ccccc21. The van der Waals surface area contributed by atoms with Gasteiger partial charge >= 0.3 is 12.1 Å². The topological polar surface area (TPSA) is 111 Å². The Morgan fingerprint density at radius 1 is 1.11 bits per heavy atom. The molecule has 0 aromatic heterocycles. The maximum absolute atomic E-state index is 12.4. The van der Waals surface area contributed by atoms with E-state index in [0.717, 1.165) is 22.3 Å². The molecule has 0 spiro atoms. The molecule has 0 aliphatic heterocycles. The van der Waals surface area contributed by atoms with E-state index in [0.29, 0.717) is 0 Å². The minimum atomic E-state index is -1.22. The van der Waals surface area contributed by atoms with Crippen LogP contribution < -0.4 is 11.1 Å². The predicted octanol–water partition coefficient (Wildman–Crippen LogP) is 2.34. The van der Waals surface area contributed by atoms with Crippen LogP contribution in [0.5, 0.6) is 0 Å². The highest BCUT2D eigenvalue weighted by Crippen LogP contribution is 2.44. The van der Waals surface area contributed by atoms with E-state index in [9.17, 15) is 9.59 Å². The molecule has 3 rings (SSSR count). The van der Waals surface area contributed by atoms with Crippen LogP contribution in [-0.4, -0.2) is 49.6 Å². The number of nitrogens with two attached hydrogens (primary N) is 1. The molecule has 1 amide bonds. The first-order valence-electron chi connectivity index (χ1n) is 9.03. The molecule has 2 aromatic rings. The number of nitrogens with one attached hydrogen (secondary N) is 1. The second kappa shape index (κ2) is 8.41. The fourth-order valence-electron chi connectivity index (χ4n) is 3.73. The number of carboxylic acid groups (broad SMARTS) is 1. The monoisotopic (exact) mass is 384 g/mol. The molecule has 2 aromatic carbocycles. The average Bonchev–Trinajstić information content (AvgIpc) is 3.00. The lowest BCUT2D eigenvalue weighted by Gasteiger charge is -2.31. The van der Waals surface area contributed by atoms with E-state index >= 15 is 0 Å². The number of aliphatic carboxylic acids is 1. The molecule has 0 bridgehead atoms. The van der Waals surface area contributed by atoms with Gasteiger partial charge in [-0.15, -0.1) is 0 Å². The van der Waals surface area contributed by atoms with Crippen molar-refractivity contribution >= 4 is 12.1 Å². The summed E-state index contributed by atoms with van der Waals surface area (Å²) in [5.41, 5.74) is 8.97. The van der Waals surface area contributed by atoms with Crippen molar-refractivity contribution in [2.45, 2.75) is 17.9 Å². The number of carbonyl (C=O) groups excluding carboxylic acids is 1. The number of hydrogen-bond donors (Lipinski definition) is 3.